The van der Waals surface area contributed by atoms with Crippen LogP contribution in [0.25, 0.3) is 10.9 Å². The Morgan fingerprint density at radius 3 is 2.96 bits per heavy atom. The summed E-state index contributed by atoms with van der Waals surface area (Å²) in [4.78, 5) is 21.4. The SMILES string of the molecule is CCN(CC)C[C@@H]1CCCN(C(=O)CCn2ccc3ccncc32)C1. The Balaban J connectivity index is 1.54. The van der Waals surface area contributed by atoms with Gasteiger partial charge in [-0.3, -0.25) is 9.78 Å². The van der Waals surface area contributed by atoms with E-state index < -0.39 is 0 Å². The second-order valence-corrected chi connectivity index (χ2v) is 7.03. The lowest BCUT2D eigenvalue weighted by atomic mass is 9.97. The van der Waals surface area contributed by atoms with Crippen molar-refractivity contribution in [3.8, 4) is 0 Å². The van der Waals surface area contributed by atoms with Gasteiger partial charge in [-0.2, -0.15) is 0 Å². The fourth-order valence-corrected chi connectivity index (χ4v) is 3.89. The molecule has 2 aromatic rings. The van der Waals surface area contributed by atoms with E-state index in [1.807, 2.05) is 18.5 Å². The van der Waals surface area contributed by atoms with Crippen molar-refractivity contribution >= 4 is 16.8 Å². The topological polar surface area (TPSA) is 41.4 Å². The predicted octanol–water partition coefficient (Wildman–Crippen LogP) is 3.01. The molecule has 25 heavy (non-hydrogen) atoms. The van der Waals surface area contributed by atoms with Crippen LogP contribution in [0, 0.1) is 5.92 Å². The fraction of sp³-hybridized carbons (Fsp3) is 0.600. The first-order valence-corrected chi connectivity index (χ1v) is 9.60. The summed E-state index contributed by atoms with van der Waals surface area (Å²) >= 11 is 0. The number of likely N-dealkylation sites (tertiary alicyclic amines) is 1. The highest BCUT2D eigenvalue weighted by atomic mass is 16.2. The van der Waals surface area contributed by atoms with Crippen molar-refractivity contribution in [2.75, 3.05) is 32.7 Å². The Bertz CT molecular complexity index is 692. The average Bonchev–Trinajstić information content (AvgIpc) is 3.07. The Labute approximate surface area is 150 Å². The largest absolute Gasteiger partial charge is 0.346 e. The van der Waals surface area contributed by atoms with Gasteiger partial charge in [-0.1, -0.05) is 13.8 Å². The van der Waals surface area contributed by atoms with E-state index in [2.05, 4.69) is 45.5 Å². The number of hydrogen-bond acceptors (Lipinski definition) is 3. The maximum atomic E-state index is 12.7. The highest BCUT2D eigenvalue weighted by Gasteiger charge is 2.24. The van der Waals surface area contributed by atoms with E-state index in [9.17, 15) is 4.79 Å². The van der Waals surface area contributed by atoms with Gasteiger partial charge in [0.15, 0.2) is 0 Å². The van der Waals surface area contributed by atoms with Crippen molar-refractivity contribution in [1.82, 2.24) is 19.4 Å². The summed E-state index contributed by atoms with van der Waals surface area (Å²) < 4.78 is 2.14. The van der Waals surface area contributed by atoms with Crippen LogP contribution in [0.1, 0.15) is 33.1 Å². The van der Waals surface area contributed by atoms with Gasteiger partial charge >= 0.3 is 0 Å². The highest BCUT2D eigenvalue weighted by molar-refractivity contribution is 5.79. The van der Waals surface area contributed by atoms with Crippen molar-refractivity contribution in [3.63, 3.8) is 0 Å². The summed E-state index contributed by atoms with van der Waals surface area (Å²) in [6.07, 6.45) is 8.68. The molecule has 1 amide bonds. The minimum absolute atomic E-state index is 0.287. The lowest BCUT2D eigenvalue weighted by molar-refractivity contribution is -0.133. The van der Waals surface area contributed by atoms with E-state index in [1.54, 1.807) is 0 Å². The molecule has 0 aliphatic carbocycles. The van der Waals surface area contributed by atoms with Crippen LogP contribution in [-0.4, -0.2) is 58.0 Å². The number of fused-ring (bicyclic) bond motifs is 1. The zero-order valence-corrected chi connectivity index (χ0v) is 15.5. The first-order chi connectivity index (χ1) is 12.2. The molecule has 2 aromatic heterocycles. The van der Waals surface area contributed by atoms with Crippen LogP contribution in [0.15, 0.2) is 30.7 Å². The van der Waals surface area contributed by atoms with E-state index in [0.29, 0.717) is 12.3 Å². The number of aromatic nitrogens is 2. The number of aryl methyl sites for hydroxylation is 1. The van der Waals surface area contributed by atoms with Crippen LogP contribution < -0.4 is 0 Å². The molecule has 0 aromatic carbocycles. The van der Waals surface area contributed by atoms with Crippen LogP contribution >= 0.6 is 0 Å². The van der Waals surface area contributed by atoms with Gasteiger partial charge in [0.25, 0.3) is 0 Å². The first kappa shape index (κ1) is 17.9. The number of pyridine rings is 1. The molecule has 0 spiro atoms. The van der Waals surface area contributed by atoms with E-state index in [0.717, 1.165) is 51.2 Å². The van der Waals surface area contributed by atoms with Crippen LogP contribution in [0.5, 0.6) is 0 Å². The van der Waals surface area contributed by atoms with Gasteiger partial charge in [0, 0.05) is 50.4 Å². The molecule has 1 atom stereocenters. The number of nitrogens with zero attached hydrogens (tertiary/aromatic N) is 4. The monoisotopic (exact) mass is 342 g/mol. The third-order valence-corrected chi connectivity index (χ3v) is 5.43. The summed E-state index contributed by atoms with van der Waals surface area (Å²) in [5.41, 5.74) is 1.10. The number of amides is 1. The Hall–Kier alpha value is -1.88. The molecule has 0 saturated carbocycles. The van der Waals surface area contributed by atoms with E-state index in [1.165, 1.54) is 11.8 Å². The van der Waals surface area contributed by atoms with Gasteiger partial charge in [0.05, 0.1) is 11.7 Å². The Morgan fingerprint density at radius 2 is 2.16 bits per heavy atom. The number of hydrogen-bond donors (Lipinski definition) is 0. The average molecular weight is 342 g/mol. The van der Waals surface area contributed by atoms with Crippen molar-refractivity contribution in [3.05, 3.63) is 30.7 Å². The van der Waals surface area contributed by atoms with Gasteiger partial charge in [0.1, 0.15) is 0 Å². The number of carbonyl (C=O) groups excluding carboxylic acids is 1. The summed E-state index contributed by atoms with van der Waals surface area (Å²) in [6.45, 7) is 10.3. The molecule has 5 heteroatoms. The molecule has 0 unspecified atom stereocenters. The number of rotatable bonds is 7. The van der Waals surface area contributed by atoms with Crippen LogP contribution in [0.3, 0.4) is 0 Å². The zero-order valence-electron chi connectivity index (χ0n) is 15.5. The normalized spacial score (nSPS) is 18.2. The van der Waals surface area contributed by atoms with Crippen LogP contribution in [0.2, 0.25) is 0 Å². The fourth-order valence-electron chi connectivity index (χ4n) is 3.89. The summed E-state index contributed by atoms with van der Waals surface area (Å²) in [6, 6.07) is 4.10. The van der Waals surface area contributed by atoms with Gasteiger partial charge < -0.3 is 14.4 Å². The smallest absolute Gasteiger partial charge is 0.224 e. The van der Waals surface area contributed by atoms with Crippen molar-refractivity contribution < 1.29 is 4.79 Å². The predicted molar refractivity (Wildman–Crippen MR) is 101 cm³/mol. The molecule has 1 saturated heterocycles. The molecule has 136 valence electrons. The van der Waals surface area contributed by atoms with Crippen LogP contribution in [0.4, 0.5) is 0 Å². The molecule has 0 bridgehead atoms. The standard InChI is InChI=1S/C20H30N4O/c1-3-22(4-2)15-17-6-5-11-24(16-17)20(25)9-13-23-12-8-18-7-10-21-14-19(18)23/h7-8,10,12,14,17H,3-6,9,11,13,15-16H2,1-2H3/t17-/m0/s1. The van der Waals surface area contributed by atoms with E-state index >= 15 is 0 Å². The number of carbonyl (C=O) groups is 1. The van der Waals surface area contributed by atoms with Crippen molar-refractivity contribution in [1.29, 1.82) is 0 Å². The zero-order chi connectivity index (χ0) is 17.6. The summed E-state index contributed by atoms with van der Waals surface area (Å²) in [5, 5.41) is 1.18. The first-order valence-electron chi connectivity index (χ1n) is 9.60. The second kappa shape index (κ2) is 8.48. The van der Waals surface area contributed by atoms with Crippen molar-refractivity contribution in [2.24, 2.45) is 5.92 Å². The highest BCUT2D eigenvalue weighted by Crippen LogP contribution is 2.19. The molecule has 0 N–H and O–H groups in total. The molecule has 3 heterocycles. The third-order valence-electron chi connectivity index (χ3n) is 5.43. The minimum Gasteiger partial charge on any atom is -0.346 e. The van der Waals surface area contributed by atoms with E-state index in [-0.39, 0.29) is 5.91 Å². The van der Waals surface area contributed by atoms with Gasteiger partial charge in [-0.25, -0.2) is 0 Å². The Kier molecular flexibility index (Phi) is 6.08. The molecular weight excluding hydrogens is 312 g/mol. The van der Waals surface area contributed by atoms with Crippen molar-refractivity contribution in [2.45, 2.75) is 39.7 Å². The molecular formula is C20H30N4O. The number of piperidine rings is 1. The molecule has 1 aliphatic heterocycles. The molecule has 5 nitrogen and oxygen atoms in total. The summed E-state index contributed by atoms with van der Waals surface area (Å²) in [7, 11) is 0. The lowest BCUT2D eigenvalue weighted by Crippen LogP contribution is -2.44. The molecule has 3 rings (SSSR count). The maximum Gasteiger partial charge on any atom is 0.224 e. The quantitative estimate of drug-likeness (QED) is 0.777. The lowest BCUT2D eigenvalue weighted by Gasteiger charge is -2.35. The van der Waals surface area contributed by atoms with Gasteiger partial charge in [0.2, 0.25) is 5.91 Å². The minimum atomic E-state index is 0.287. The molecule has 1 fully saturated rings. The maximum absolute atomic E-state index is 12.7. The third kappa shape index (κ3) is 4.40. The van der Waals surface area contributed by atoms with Gasteiger partial charge in [-0.15, -0.1) is 0 Å². The Morgan fingerprint density at radius 1 is 1.32 bits per heavy atom. The molecule has 1 aliphatic rings. The molecule has 0 radical (unpaired) electrons. The van der Waals surface area contributed by atoms with Gasteiger partial charge in [-0.05, 0) is 44.0 Å². The van der Waals surface area contributed by atoms with E-state index in [4.69, 9.17) is 0 Å². The summed E-state index contributed by atoms with van der Waals surface area (Å²) in [5.74, 6) is 0.907. The van der Waals surface area contributed by atoms with Crippen LogP contribution in [-0.2, 0) is 11.3 Å². The second-order valence-electron chi connectivity index (χ2n) is 7.03.